The average Bonchev–Trinajstić information content (AvgIpc) is 2.68. The molecule has 8 nitrogen and oxygen atoms in total. The van der Waals surface area contributed by atoms with Gasteiger partial charge in [-0.1, -0.05) is 30.3 Å². The molecule has 0 aliphatic heterocycles. The van der Waals surface area contributed by atoms with Crippen molar-refractivity contribution in [2.45, 2.75) is 19.9 Å². The van der Waals surface area contributed by atoms with Crippen LogP contribution in [0.15, 0.2) is 53.6 Å². The van der Waals surface area contributed by atoms with Crippen LogP contribution >= 0.6 is 0 Å². The van der Waals surface area contributed by atoms with Gasteiger partial charge in [0.15, 0.2) is 18.1 Å². The third-order valence-electron chi connectivity index (χ3n) is 3.69. The van der Waals surface area contributed by atoms with Crippen molar-refractivity contribution in [3.63, 3.8) is 0 Å². The van der Waals surface area contributed by atoms with Crippen molar-refractivity contribution in [2.75, 3.05) is 13.2 Å². The number of rotatable bonds is 9. The highest BCUT2D eigenvalue weighted by Gasteiger charge is 2.12. The van der Waals surface area contributed by atoms with Gasteiger partial charge < -0.3 is 20.5 Å². The van der Waals surface area contributed by atoms with Crippen LogP contribution in [0.1, 0.15) is 31.0 Å². The molecule has 2 aromatic rings. The molecule has 28 heavy (non-hydrogen) atoms. The number of nitrogens with one attached hydrogen (secondary N) is 2. The molecule has 2 rings (SSSR count). The number of carbonyl (C=O) groups is 2. The molecular weight excluding hydrogens is 360 g/mol. The zero-order valence-electron chi connectivity index (χ0n) is 15.8. The molecule has 0 spiro atoms. The molecule has 3 amide bonds. The minimum atomic E-state index is -0.753. The van der Waals surface area contributed by atoms with E-state index in [-0.39, 0.29) is 18.6 Å². The van der Waals surface area contributed by atoms with E-state index in [4.69, 9.17) is 15.2 Å². The zero-order valence-corrected chi connectivity index (χ0v) is 15.8. The monoisotopic (exact) mass is 384 g/mol. The van der Waals surface area contributed by atoms with E-state index in [1.165, 1.54) is 6.21 Å². The topological polar surface area (TPSA) is 115 Å². The molecule has 4 N–H and O–H groups in total. The largest absolute Gasteiger partial charge is 0.490 e. The van der Waals surface area contributed by atoms with Crippen LogP contribution in [0.25, 0.3) is 0 Å². The summed E-state index contributed by atoms with van der Waals surface area (Å²) < 4.78 is 11.2. The first kappa shape index (κ1) is 20.8. The van der Waals surface area contributed by atoms with Crippen molar-refractivity contribution in [2.24, 2.45) is 10.8 Å². The number of nitrogens with two attached hydrogens (primary N) is 1. The number of carbonyl (C=O) groups excluding carboxylic acids is 2. The molecule has 8 heteroatoms. The van der Waals surface area contributed by atoms with Gasteiger partial charge in [0.05, 0.1) is 18.9 Å². The Labute approximate surface area is 163 Å². The molecule has 0 heterocycles. The van der Waals surface area contributed by atoms with Gasteiger partial charge in [-0.3, -0.25) is 4.79 Å². The molecule has 0 aliphatic rings. The first-order valence-electron chi connectivity index (χ1n) is 8.82. The molecule has 1 atom stereocenters. The lowest BCUT2D eigenvalue weighted by Crippen LogP contribution is -2.31. The van der Waals surface area contributed by atoms with Gasteiger partial charge in [0, 0.05) is 0 Å². The molecule has 0 aromatic heterocycles. The van der Waals surface area contributed by atoms with E-state index in [1.54, 1.807) is 18.2 Å². The number of urea groups is 1. The molecule has 0 aliphatic carbocycles. The Morgan fingerprint density at radius 1 is 1.14 bits per heavy atom. The molecule has 0 radical (unpaired) electrons. The van der Waals surface area contributed by atoms with Crippen LogP contribution in [-0.4, -0.2) is 31.4 Å². The van der Waals surface area contributed by atoms with Gasteiger partial charge in [-0.15, -0.1) is 0 Å². The fourth-order valence-corrected chi connectivity index (χ4v) is 2.41. The predicted molar refractivity (Wildman–Crippen MR) is 106 cm³/mol. The Balaban J connectivity index is 1.97. The summed E-state index contributed by atoms with van der Waals surface area (Å²) >= 11 is 0. The zero-order chi connectivity index (χ0) is 20.4. The van der Waals surface area contributed by atoms with Crippen molar-refractivity contribution in [1.29, 1.82) is 0 Å². The van der Waals surface area contributed by atoms with Crippen LogP contribution in [0, 0.1) is 0 Å². The number of hydrogen-bond donors (Lipinski definition) is 3. The number of primary amides is 1. The number of hydrogen-bond acceptors (Lipinski definition) is 5. The van der Waals surface area contributed by atoms with Gasteiger partial charge in [0.25, 0.3) is 5.91 Å². The smallest absolute Gasteiger partial charge is 0.332 e. The number of amides is 3. The van der Waals surface area contributed by atoms with Crippen LogP contribution in [0.4, 0.5) is 4.79 Å². The summed E-state index contributed by atoms with van der Waals surface area (Å²) in [5, 5.41) is 6.59. The van der Waals surface area contributed by atoms with Crippen LogP contribution in [0.3, 0.4) is 0 Å². The number of ether oxygens (including phenoxy) is 2. The summed E-state index contributed by atoms with van der Waals surface area (Å²) in [5.41, 5.74) is 8.75. The fourth-order valence-electron chi connectivity index (χ4n) is 2.41. The summed E-state index contributed by atoms with van der Waals surface area (Å²) in [6.45, 7) is 4.03. The normalized spacial score (nSPS) is 11.6. The van der Waals surface area contributed by atoms with Crippen LogP contribution in [0.5, 0.6) is 11.5 Å². The van der Waals surface area contributed by atoms with E-state index in [2.05, 4.69) is 15.8 Å². The van der Waals surface area contributed by atoms with Crippen molar-refractivity contribution < 1.29 is 19.1 Å². The van der Waals surface area contributed by atoms with Gasteiger partial charge >= 0.3 is 6.03 Å². The maximum absolute atomic E-state index is 12.2. The van der Waals surface area contributed by atoms with E-state index >= 15 is 0 Å². The average molecular weight is 384 g/mol. The summed E-state index contributed by atoms with van der Waals surface area (Å²) in [6.07, 6.45) is 1.42. The fraction of sp³-hybridized carbons (Fsp3) is 0.250. The molecule has 0 bridgehead atoms. The lowest BCUT2D eigenvalue weighted by atomic mass is 10.1. The second-order valence-electron chi connectivity index (χ2n) is 5.86. The van der Waals surface area contributed by atoms with E-state index in [0.29, 0.717) is 23.7 Å². The minimum absolute atomic E-state index is 0.125. The van der Waals surface area contributed by atoms with Crippen LogP contribution in [0.2, 0.25) is 0 Å². The van der Waals surface area contributed by atoms with Crippen molar-refractivity contribution in [1.82, 2.24) is 10.7 Å². The van der Waals surface area contributed by atoms with E-state index < -0.39 is 6.03 Å². The summed E-state index contributed by atoms with van der Waals surface area (Å²) in [5.74, 6) is 0.661. The van der Waals surface area contributed by atoms with Crippen molar-refractivity contribution in [3.8, 4) is 11.5 Å². The summed E-state index contributed by atoms with van der Waals surface area (Å²) in [4.78, 5) is 22.8. The van der Waals surface area contributed by atoms with Gasteiger partial charge in [-0.2, -0.15) is 5.10 Å². The second kappa shape index (κ2) is 10.6. The number of benzene rings is 2. The molecule has 2 aromatic carbocycles. The van der Waals surface area contributed by atoms with Gasteiger partial charge in [-0.05, 0) is 43.2 Å². The third-order valence-corrected chi connectivity index (χ3v) is 3.69. The summed E-state index contributed by atoms with van der Waals surface area (Å²) in [7, 11) is 0. The quantitative estimate of drug-likeness (QED) is 0.455. The van der Waals surface area contributed by atoms with Crippen LogP contribution < -0.4 is 25.9 Å². The van der Waals surface area contributed by atoms with Crippen molar-refractivity contribution in [3.05, 3.63) is 59.7 Å². The van der Waals surface area contributed by atoms with E-state index in [1.807, 2.05) is 44.2 Å². The van der Waals surface area contributed by atoms with E-state index in [0.717, 1.165) is 5.56 Å². The Morgan fingerprint density at radius 3 is 2.57 bits per heavy atom. The lowest BCUT2D eigenvalue weighted by molar-refractivity contribution is -0.123. The van der Waals surface area contributed by atoms with Crippen LogP contribution in [-0.2, 0) is 4.79 Å². The Hall–Kier alpha value is -3.55. The van der Waals surface area contributed by atoms with Gasteiger partial charge in [-0.25, -0.2) is 10.2 Å². The molecular formula is C20H24N4O4. The molecule has 1 unspecified atom stereocenters. The predicted octanol–water partition coefficient (Wildman–Crippen LogP) is 2.34. The third kappa shape index (κ3) is 6.64. The Morgan fingerprint density at radius 2 is 1.89 bits per heavy atom. The highest BCUT2D eigenvalue weighted by molar-refractivity contribution is 5.82. The van der Waals surface area contributed by atoms with Gasteiger partial charge in [0.2, 0.25) is 0 Å². The minimum Gasteiger partial charge on any atom is -0.490 e. The Kier molecular flexibility index (Phi) is 7.83. The molecule has 0 saturated carbocycles. The second-order valence-corrected chi connectivity index (χ2v) is 5.86. The van der Waals surface area contributed by atoms with E-state index in [9.17, 15) is 9.59 Å². The first-order chi connectivity index (χ1) is 13.5. The lowest BCUT2D eigenvalue weighted by Gasteiger charge is -2.16. The highest BCUT2D eigenvalue weighted by atomic mass is 16.5. The number of nitrogens with zero attached hydrogens (tertiary/aromatic N) is 1. The standard InChI is InChI=1S/C20H24N4O4/c1-3-27-18-11-15(12-22-24-20(21)26)9-10-17(18)28-13-19(25)23-14(2)16-7-5-4-6-8-16/h4-12,14H,3,13H2,1-2H3,(H,23,25)(H3,21,24,26). The van der Waals surface area contributed by atoms with Gasteiger partial charge in [0.1, 0.15) is 0 Å². The molecule has 148 valence electrons. The van der Waals surface area contributed by atoms with Crippen molar-refractivity contribution >= 4 is 18.2 Å². The SMILES string of the molecule is CCOc1cc(C=NNC(N)=O)ccc1OCC(=O)NC(C)c1ccccc1. The number of hydrazone groups is 1. The summed E-state index contributed by atoms with van der Waals surface area (Å²) in [6, 6.07) is 13.9. The first-order valence-corrected chi connectivity index (χ1v) is 8.82. The maximum Gasteiger partial charge on any atom is 0.332 e. The maximum atomic E-state index is 12.2. The molecule has 0 fully saturated rings. The molecule has 0 saturated heterocycles. The highest BCUT2D eigenvalue weighted by Crippen LogP contribution is 2.28. The Bertz CT molecular complexity index is 824.